The van der Waals surface area contributed by atoms with Gasteiger partial charge in [-0.2, -0.15) is 0 Å². The minimum atomic E-state index is -0.339. The second-order valence-electron chi connectivity index (χ2n) is 5.73. The zero-order chi connectivity index (χ0) is 13.9. The van der Waals surface area contributed by atoms with E-state index in [1.54, 1.807) is 12.1 Å². The molecule has 106 valence electrons. The van der Waals surface area contributed by atoms with E-state index in [4.69, 9.17) is 4.74 Å². The third-order valence-corrected chi connectivity index (χ3v) is 3.35. The van der Waals surface area contributed by atoms with Gasteiger partial charge in [-0.05, 0) is 38.8 Å². The molecule has 2 unspecified atom stereocenters. The number of benzene rings is 1. The van der Waals surface area contributed by atoms with Gasteiger partial charge in [-0.3, -0.25) is 0 Å². The number of ether oxygens (including phenoxy) is 1. The fourth-order valence-corrected chi connectivity index (χ4v) is 2.34. The average Bonchev–Trinajstić information content (AvgIpc) is 3.12. The van der Waals surface area contributed by atoms with Gasteiger partial charge in [0.1, 0.15) is 11.6 Å². The predicted octanol–water partition coefficient (Wildman–Crippen LogP) is 2.49. The Morgan fingerprint density at radius 2 is 2.26 bits per heavy atom. The van der Waals surface area contributed by atoms with Crippen LogP contribution < -0.4 is 10.1 Å². The molecule has 0 bridgehead atoms. The van der Waals surface area contributed by atoms with E-state index in [1.807, 2.05) is 13.8 Å². The van der Waals surface area contributed by atoms with E-state index in [-0.39, 0.29) is 24.1 Å². The van der Waals surface area contributed by atoms with Crippen molar-refractivity contribution in [1.29, 1.82) is 0 Å². The molecule has 2 N–H and O–H groups in total. The first-order chi connectivity index (χ1) is 9.00. The van der Waals surface area contributed by atoms with Crippen LogP contribution in [-0.2, 0) is 0 Å². The summed E-state index contributed by atoms with van der Waals surface area (Å²) in [6.45, 7) is 4.00. The molecule has 0 aliphatic heterocycles. The quantitative estimate of drug-likeness (QED) is 0.797. The first kappa shape index (κ1) is 14.3. The van der Waals surface area contributed by atoms with Gasteiger partial charge < -0.3 is 15.2 Å². The maximum absolute atomic E-state index is 13.1. The number of hydrogen-bond acceptors (Lipinski definition) is 3. The third-order valence-electron chi connectivity index (χ3n) is 3.35. The lowest BCUT2D eigenvalue weighted by Gasteiger charge is -2.32. The molecule has 0 amide bonds. The Morgan fingerprint density at radius 3 is 2.84 bits per heavy atom. The standard InChI is InChI=1S/C15H22FNO2/c1-11(19-14-5-3-4-12(16)8-14)9-15(2,10-18)17-13-6-7-13/h3-5,8,11,13,17-18H,6-7,9-10H2,1-2H3. The fourth-order valence-electron chi connectivity index (χ4n) is 2.34. The maximum Gasteiger partial charge on any atom is 0.126 e. The molecule has 1 aromatic carbocycles. The van der Waals surface area contributed by atoms with Crippen molar-refractivity contribution in [3.8, 4) is 5.75 Å². The predicted molar refractivity (Wildman–Crippen MR) is 72.8 cm³/mol. The first-order valence-corrected chi connectivity index (χ1v) is 6.81. The van der Waals surface area contributed by atoms with Crippen LogP contribution in [0.1, 0.15) is 33.1 Å². The molecule has 2 atom stereocenters. The van der Waals surface area contributed by atoms with Crippen molar-refractivity contribution >= 4 is 0 Å². The highest BCUT2D eigenvalue weighted by Crippen LogP contribution is 2.25. The van der Waals surface area contributed by atoms with Gasteiger partial charge in [0.25, 0.3) is 0 Å². The highest BCUT2D eigenvalue weighted by atomic mass is 19.1. The summed E-state index contributed by atoms with van der Waals surface area (Å²) in [5, 5.41) is 13.0. The maximum atomic E-state index is 13.1. The molecule has 2 rings (SSSR count). The second-order valence-corrected chi connectivity index (χ2v) is 5.73. The van der Waals surface area contributed by atoms with Gasteiger partial charge in [0.05, 0.1) is 12.7 Å². The number of rotatable bonds is 7. The number of nitrogens with one attached hydrogen (secondary N) is 1. The van der Waals surface area contributed by atoms with Gasteiger partial charge in [0.2, 0.25) is 0 Å². The average molecular weight is 267 g/mol. The minimum Gasteiger partial charge on any atom is -0.491 e. The lowest BCUT2D eigenvalue weighted by Crippen LogP contribution is -2.49. The zero-order valence-electron chi connectivity index (χ0n) is 11.5. The summed E-state index contributed by atoms with van der Waals surface area (Å²) in [5.41, 5.74) is -0.339. The van der Waals surface area contributed by atoms with E-state index < -0.39 is 0 Å². The van der Waals surface area contributed by atoms with Crippen molar-refractivity contribution in [2.75, 3.05) is 6.61 Å². The summed E-state index contributed by atoms with van der Waals surface area (Å²) in [6, 6.07) is 6.67. The van der Waals surface area contributed by atoms with E-state index in [2.05, 4.69) is 5.32 Å². The van der Waals surface area contributed by atoms with Gasteiger partial charge in [-0.15, -0.1) is 0 Å². The van der Waals surface area contributed by atoms with E-state index in [0.717, 1.165) is 0 Å². The first-order valence-electron chi connectivity index (χ1n) is 6.81. The smallest absolute Gasteiger partial charge is 0.126 e. The van der Waals surface area contributed by atoms with Crippen molar-refractivity contribution in [3.63, 3.8) is 0 Å². The Bertz CT molecular complexity index is 422. The molecule has 0 aromatic heterocycles. The van der Waals surface area contributed by atoms with Gasteiger partial charge in [-0.1, -0.05) is 6.07 Å². The summed E-state index contributed by atoms with van der Waals surface area (Å²) >= 11 is 0. The summed E-state index contributed by atoms with van der Waals surface area (Å²) < 4.78 is 18.8. The lowest BCUT2D eigenvalue weighted by atomic mass is 9.95. The van der Waals surface area contributed by atoms with Crippen molar-refractivity contribution < 1.29 is 14.2 Å². The van der Waals surface area contributed by atoms with Crippen LogP contribution in [0, 0.1) is 5.82 Å². The summed E-state index contributed by atoms with van der Waals surface area (Å²) in [5.74, 6) is 0.227. The monoisotopic (exact) mass is 267 g/mol. The molecule has 0 heterocycles. The van der Waals surface area contributed by atoms with Gasteiger partial charge in [0, 0.05) is 24.1 Å². The SMILES string of the molecule is CC(CC(C)(CO)NC1CC1)Oc1cccc(F)c1. The van der Waals surface area contributed by atoms with E-state index >= 15 is 0 Å². The van der Waals surface area contributed by atoms with Gasteiger partial charge in [0.15, 0.2) is 0 Å². The third kappa shape index (κ3) is 4.48. The molecular weight excluding hydrogens is 245 g/mol. The summed E-state index contributed by atoms with van der Waals surface area (Å²) in [4.78, 5) is 0. The van der Waals surface area contributed by atoms with Crippen LogP contribution in [0.4, 0.5) is 4.39 Å². The van der Waals surface area contributed by atoms with E-state index in [1.165, 1.54) is 25.0 Å². The van der Waals surface area contributed by atoms with Crippen molar-refractivity contribution in [2.45, 2.75) is 50.8 Å². The second kappa shape index (κ2) is 5.88. The Hall–Kier alpha value is -1.13. The Morgan fingerprint density at radius 1 is 1.53 bits per heavy atom. The fraction of sp³-hybridized carbons (Fsp3) is 0.600. The molecule has 1 saturated carbocycles. The number of aliphatic hydroxyl groups excluding tert-OH is 1. The van der Waals surface area contributed by atoms with Crippen LogP contribution in [0.5, 0.6) is 5.75 Å². The molecule has 1 aliphatic rings. The molecule has 4 heteroatoms. The number of hydrogen-bond donors (Lipinski definition) is 2. The summed E-state index contributed by atoms with van der Waals surface area (Å²) in [6.07, 6.45) is 2.94. The highest BCUT2D eigenvalue weighted by Gasteiger charge is 2.33. The molecule has 0 spiro atoms. The Kier molecular flexibility index (Phi) is 4.42. The molecule has 19 heavy (non-hydrogen) atoms. The molecule has 3 nitrogen and oxygen atoms in total. The zero-order valence-corrected chi connectivity index (χ0v) is 11.5. The van der Waals surface area contributed by atoms with Crippen molar-refractivity contribution in [2.24, 2.45) is 0 Å². The van der Waals surface area contributed by atoms with E-state index in [0.29, 0.717) is 18.2 Å². The molecule has 1 aliphatic carbocycles. The number of aliphatic hydroxyl groups is 1. The minimum absolute atomic E-state index is 0.0698. The Labute approximate surface area is 113 Å². The number of halogens is 1. The normalized spacial score (nSPS) is 19.8. The van der Waals surface area contributed by atoms with Crippen LogP contribution in [-0.4, -0.2) is 29.4 Å². The molecule has 1 fully saturated rings. The highest BCUT2D eigenvalue weighted by molar-refractivity contribution is 5.22. The molecule has 0 saturated heterocycles. The topological polar surface area (TPSA) is 41.5 Å². The van der Waals surface area contributed by atoms with Crippen LogP contribution in [0.3, 0.4) is 0 Å². The van der Waals surface area contributed by atoms with Crippen LogP contribution in [0.2, 0.25) is 0 Å². The van der Waals surface area contributed by atoms with Crippen LogP contribution >= 0.6 is 0 Å². The van der Waals surface area contributed by atoms with Crippen molar-refractivity contribution in [1.82, 2.24) is 5.32 Å². The van der Waals surface area contributed by atoms with Gasteiger partial charge >= 0.3 is 0 Å². The molecule has 1 aromatic rings. The van der Waals surface area contributed by atoms with Crippen LogP contribution in [0.15, 0.2) is 24.3 Å². The summed E-state index contributed by atoms with van der Waals surface area (Å²) in [7, 11) is 0. The van der Waals surface area contributed by atoms with Crippen LogP contribution in [0.25, 0.3) is 0 Å². The largest absolute Gasteiger partial charge is 0.491 e. The van der Waals surface area contributed by atoms with E-state index in [9.17, 15) is 9.50 Å². The lowest BCUT2D eigenvalue weighted by molar-refractivity contribution is 0.108. The Balaban J connectivity index is 1.89. The molecular formula is C15H22FNO2. The van der Waals surface area contributed by atoms with Crippen molar-refractivity contribution in [3.05, 3.63) is 30.1 Å². The molecule has 0 radical (unpaired) electrons. The van der Waals surface area contributed by atoms with Gasteiger partial charge in [-0.25, -0.2) is 4.39 Å².